The van der Waals surface area contributed by atoms with Gasteiger partial charge in [0.15, 0.2) is 5.82 Å². The number of hydrogen-bond acceptors (Lipinski definition) is 3. The highest BCUT2D eigenvalue weighted by Crippen LogP contribution is 2.27. The van der Waals surface area contributed by atoms with Crippen LogP contribution in [-0.2, 0) is 6.54 Å². The van der Waals surface area contributed by atoms with Crippen molar-refractivity contribution in [2.24, 2.45) is 0 Å². The Kier molecular flexibility index (Phi) is 4.39. The Bertz CT molecular complexity index is 627. The molecule has 0 atom stereocenters. The van der Waals surface area contributed by atoms with Crippen LogP contribution in [0.15, 0.2) is 41.0 Å². The number of nitrogens with one attached hydrogen (secondary N) is 1. The van der Waals surface area contributed by atoms with Crippen molar-refractivity contribution in [3.05, 3.63) is 52.4 Å². The first kappa shape index (κ1) is 14.3. The standard InChI is InChI=1S/C16H17BrFN3/c17-14-6-5-13(18)10-12(14)11-20-15-4-3-7-19-16(15)21-8-1-2-9-21/h3-7,10,20H,1-2,8-9,11H2. The molecule has 1 saturated heterocycles. The molecule has 21 heavy (non-hydrogen) atoms. The third kappa shape index (κ3) is 3.35. The van der Waals surface area contributed by atoms with E-state index in [9.17, 15) is 4.39 Å². The number of hydrogen-bond donors (Lipinski definition) is 1. The summed E-state index contributed by atoms with van der Waals surface area (Å²) in [5.41, 5.74) is 1.89. The summed E-state index contributed by atoms with van der Waals surface area (Å²) in [4.78, 5) is 6.79. The maximum Gasteiger partial charge on any atom is 0.151 e. The summed E-state index contributed by atoms with van der Waals surface area (Å²) in [6, 6.07) is 8.67. The smallest absolute Gasteiger partial charge is 0.151 e. The third-order valence-electron chi connectivity index (χ3n) is 3.67. The summed E-state index contributed by atoms with van der Waals surface area (Å²) in [5.74, 6) is 0.767. The van der Waals surface area contributed by atoms with E-state index in [-0.39, 0.29) is 5.82 Å². The Morgan fingerprint density at radius 3 is 2.86 bits per heavy atom. The molecular formula is C16H17BrFN3. The van der Waals surface area contributed by atoms with Gasteiger partial charge in [-0.25, -0.2) is 9.37 Å². The fraction of sp³-hybridized carbons (Fsp3) is 0.312. The molecule has 0 saturated carbocycles. The van der Waals surface area contributed by atoms with Gasteiger partial charge in [-0.1, -0.05) is 15.9 Å². The zero-order valence-corrected chi connectivity index (χ0v) is 13.2. The molecule has 0 spiro atoms. The third-order valence-corrected chi connectivity index (χ3v) is 4.44. The van der Waals surface area contributed by atoms with Crippen molar-refractivity contribution in [3.8, 4) is 0 Å². The number of benzene rings is 1. The highest BCUT2D eigenvalue weighted by molar-refractivity contribution is 9.10. The molecule has 1 fully saturated rings. The van der Waals surface area contributed by atoms with Crippen LogP contribution in [0.2, 0.25) is 0 Å². The van der Waals surface area contributed by atoms with E-state index in [1.807, 2.05) is 18.3 Å². The summed E-state index contributed by atoms with van der Waals surface area (Å²) >= 11 is 3.46. The molecule has 1 N–H and O–H groups in total. The van der Waals surface area contributed by atoms with Gasteiger partial charge in [-0.3, -0.25) is 0 Å². The Morgan fingerprint density at radius 1 is 1.24 bits per heavy atom. The van der Waals surface area contributed by atoms with Gasteiger partial charge in [0.05, 0.1) is 5.69 Å². The van der Waals surface area contributed by atoms with Crippen molar-refractivity contribution in [3.63, 3.8) is 0 Å². The molecule has 0 aliphatic carbocycles. The first-order valence-electron chi connectivity index (χ1n) is 7.12. The van der Waals surface area contributed by atoms with Crippen LogP contribution in [0, 0.1) is 5.82 Å². The van der Waals surface area contributed by atoms with Crippen molar-refractivity contribution in [2.45, 2.75) is 19.4 Å². The summed E-state index contributed by atoms with van der Waals surface area (Å²) in [7, 11) is 0. The van der Waals surface area contributed by atoms with E-state index in [4.69, 9.17) is 0 Å². The second-order valence-electron chi connectivity index (χ2n) is 5.16. The van der Waals surface area contributed by atoms with Crippen molar-refractivity contribution in [1.29, 1.82) is 0 Å². The van der Waals surface area contributed by atoms with E-state index in [1.54, 1.807) is 12.1 Å². The summed E-state index contributed by atoms with van der Waals surface area (Å²) in [6.45, 7) is 2.66. The van der Waals surface area contributed by atoms with Gasteiger partial charge >= 0.3 is 0 Å². The monoisotopic (exact) mass is 349 g/mol. The molecule has 110 valence electrons. The number of nitrogens with zero attached hydrogens (tertiary/aromatic N) is 2. The Labute approximate surface area is 132 Å². The second-order valence-corrected chi connectivity index (χ2v) is 6.01. The normalized spacial score (nSPS) is 14.5. The average molecular weight is 350 g/mol. The fourth-order valence-electron chi connectivity index (χ4n) is 2.59. The SMILES string of the molecule is Fc1ccc(Br)c(CNc2cccnc2N2CCCC2)c1. The van der Waals surface area contributed by atoms with Crippen LogP contribution in [0.5, 0.6) is 0 Å². The van der Waals surface area contributed by atoms with Crippen LogP contribution in [0.25, 0.3) is 0 Å². The predicted octanol–water partition coefficient (Wildman–Crippen LogP) is 4.20. The summed E-state index contributed by atoms with van der Waals surface area (Å²) < 4.78 is 14.2. The Morgan fingerprint density at radius 2 is 2.05 bits per heavy atom. The van der Waals surface area contributed by atoms with Gasteiger partial charge in [-0.2, -0.15) is 0 Å². The maximum absolute atomic E-state index is 13.3. The molecule has 1 aromatic heterocycles. The minimum atomic E-state index is -0.221. The zero-order chi connectivity index (χ0) is 14.7. The van der Waals surface area contributed by atoms with Crippen LogP contribution in [0.3, 0.4) is 0 Å². The topological polar surface area (TPSA) is 28.2 Å². The lowest BCUT2D eigenvalue weighted by atomic mass is 10.2. The van der Waals surface area contributed by atoms with Gasteiger partial charge in [0, 0.05) is 30.3 Å². The lowest BCUT2D eigenvalue weighted by Gasteiger charge is -2.20. The van der Waals surface area contributed by atoms with E-state index >= 15 is 0 Å². The molecule has 3 rings (SSSR count). The van der Waals surface area contributed by atoms with Crippen LogP contribution in [-0.4, -0.2) is 18.1 Å². The average Bonchev–Trinajstić information content (AvgIpc) is 3.03. The molecule has 1 aromatic carbocycles. The van der Waals surface area contributed by atoms with E-state index in [1.165, 1.54) is 18.9 Å². The van der Waals surface area contributed by atoms with Crippen LogP contribution in [0.1, 0.15) is 18.4 Å². The Balaban J connectivity index is 1.77. The van der Waals surface area contributed by atoms with E-state index in [0.717, 1.165) is 34.6 Å². The molecule has 0 radical (unpaired) electrons. The van der Waals surface area contributed by atoms with Crippen molar-refractivity contribution >= 4 is 27.4 Å². The number of anilines is 2. The predicted molar refractivity (Wildman–Crippen MR) is 87.1 cm³/mol. The zero-order valence-electron chi connectivity index (χ0n) is 11.6. The molecule has 5 heteroatoms. The van der Waals surface area contributed by atoms with E-state index in [0.29, 0.717) is 6.54 Å². The molecule has 3 nitrogen and oxygen atoms in total. The molecule has 0 bridgehead atoms. The first-order valence-corrected chi connectivity index (χ1v) is 7.91. The minimum Gasteiger partial charge on any atom is -0.378 e. The van der Waals surface area contributed by atoms with Crippen LogP contribution >= 0.6 is 15.9 Å². The second kappa shape index (κ2) is 6.43. The molecule has 1 aliphatic rings. The van der Waals surface area contributed by atoms with Crippen molar-refractivity contribution in [2.75, 3.05) is 23.3 Å². The van der Waals surface area contributed by atoms with Gasteiger partial charge in [-0.05, 0) is 48.7 Å². The molecular weight excluding hydrogens is 333 g/mol. The van der Waals surface area contributed by atoms with Crippen LogP contribution < -0.4 is 10.2 Å². The minimum absolute atomic E-state index is 0.221. The van der Waals surface area contributed by atoms with Gasteiger partial charge in [0.2, 0.25) is 0 Å². The van der Waals surface area contributed by atoms with Gasteiger partial charge in [0.25, 0.3) is 0 Å². The largest absolute Gasteiger partial charge is 0.378 e. The first-order chi connectivity index (χ1) is 10.2. The highest BCUT2D eigenvalue weighted by Gasteiger charge is 2.16. The van der Waals surface area contributed by atoms with Gasteiger partial charge in [-0.15, -0.1) is 0 Å². The molecule has 0 unspecified atom stereocenters. The van der Waals surface area contributed by atoms with Crippen LogP contribution in [0.4, 0.5) is 15.9 Å². The number of pyridine rings is 1. The lowest BCUT2D eigenvalue weighted by molar-refractivity contribution is 0.625. The quantitative estimate of drug-likeness (QED) is 0.896. The van der Waals surface area contributed by atoms with Crippen molar-refractivity contribution < 1.29 is 4.39 Å². The van der Waals surface area contributed by atoms with Gasteiger partial charge in [0.1, 0.15) is 5.82 Å². The number of rotatable bonds is 4. The van der Waals surface area contributed by atoms with Gasteiger partial charge < -0.3 is 10.2 Å². The molecule has 0 amide bonds. The lowest BCUT2D eigenvalue weighted by Crippen LogP contribution is -2.20. The molecule has 1 aliphatic heterocycles. The van der Waals surface area contributed by atoms with E-state index < -0.39 is 0 Å². The van der Waals surface area contributed by atoms with Crippen molar-refractivity contribution in [1.82, 2.24) is 4.98 Å². The fourth-order valence-corrected chi connectivity index (χ4v) is 2.97. The molecule has 2 aromatic rings. The number of aromatic nitrogens is 1. The van der Waals surface area contributed by atoms with E-state index in [2.05, 4.69) is 31.1 Å². The summed E-state index contributed by atoms with van der Waals surface area (Å²) in [5, 5.41) is 3.37. The summed E-state index contributed by atoms with van der Waals surface area (Å²) in [6.07, 6.45) is 4.24. The highest BCUT2D eigenvalue weighted by atomic mass is 79.9. The number of halogens is 2. The molecule has 2 heterocycles. The Hall–Kier alpha value is -1.62. The maximum atomic E-state index is 13.3.